The first-order valence-corrected chi connectivity index (χ1v) is 10.0. The topological polar surface area (TPSA) is 160 Å². The van der Waals surface area contributed by atoms with Gasteiger partial charge in [-0.25, -0.2) is 9.13 Å². The highest BCUT2D eigenvalue weighted by molar-refractivity contribution is 7.81. The molecule has 0 aliphatic carbocycles. The highest BCUT2D eigenvalue weighted by Gasteiger charge is 2.33. The van der Waals surface area contributed by atoms with Crippen molar-refractivity contribution in [3.8, 4) is 0 Å². The number of nitrogen functional groups attached to an aromatic ring is 1. The van der Waals surface area contributed by atoms with Crippen molar-refractivity contribution in [2.75, 3.05) is 5.73 Å². The minimum absolute atomic E-state index is 0.224. The van der Waals surface area contributed by atoms with E-state index in [0.717, 1.165) is 5.56 Å². The van der Waals surface area contributed by atoms with Gasteiger partial charge in [0.2, 0.25) is 0 Å². The number of rotatable bonds is 9. The lowest BCUT2D eigenvalue weighted by Gasteiger charge is -2.24. The van der Waals surface area contributed by atoms with Crippen LogP contribution in [-0.2, 0) is 24.6 Å². The fourth-order valence-corrected chi connectivity index (χ4v) is 3.32. The normalized spacial score (nSPS) is 14.2. The maximum atomic E-state index is 10.9. The highest BCUT2D eigenvalue weighted by atomic mass is 32.1. The molecule has 132 valence electrons. The van der Waals surface area contributed by atoms with Crippen molar-refractivity contribution in [1.82, 2.24) is 0 Å². The minimum Gasteiger partial charge on any atom is -0.399 e. The third-order valence-electron chi connectivity index (χ3n) is 2.80. The molecule has 0 aliphatic rings. The molecular weight excluding hydrogens is 368 g/mol. The van der Waals surface area contributed by atoms with Gasteiger partial charge in [-0.2, -0.15) is 12.6 Å². The Balaban J connectivity index is 2.62. The molecular formula is C11H19NO8P2S. The van der Waals surface area contributed by atoms with Gasteiger partial charge in [0.25, 0.3) is 0 Å². The molecule has 0 amide bonds. The monoisotopic (exact) mass is 387 g/mol. The lowest BCUT2D eigenvalue weighted by Crippen LogP contribution is -2.26. The molecule has 0 saturated heterocycles. The van der Waals surface area contributed by atoms with E-state index in [4.69, 9.17) is 25.3 Å². The van der Waals surface area contributed by atoms with E-state index < -0.39 is 27.2 Å². The van der Waals surface area contributed by atoms with Crippen molar-refractivity contribution in [3.63, 3.8) is 0 Å². The summed E-state index contributed by atoms with van der Waals surface area (Å²) in [6.45, 7) is 0. The Bertz CT molecular complexity index is 579. The predicted molar refractivity (Wildman–Crippen MR) is 86.6 cm³/mol. The standard InChI is InChI=1S/C11H19NO8P2S/c12-9-6-2-1-4-8(9)5-3-7-10(23)11(19-21(13,14)15)20-22(16,17)18/h1-2,4,6,10-11,23H,3,5,7,12H2,(H2,13,14,15)(H2,16,17,18). The summed E-state index contributed by atoms with van der Waals surface area (Å²) in [6.07, 6.45) is -0.577. The molecule has 1 rings (SSSR count). The van der Waals surface area contributed by atoms with Crippen LogP contribution in [0.1, 0.15) is 18.4 Å². The van der Waals surface area contributed by atoms with E-state index in [-0.39, 0.29) is 6.42 Å². The fraction of sp³-hybridized carbons (Fsp3) is 0.455. The lowest BCUT2D eigenvalue weighted by molar-refractivity contribution is -0.0345. The van der Waals surface area contributed by atoms with E-state index in [2.05, 4.69) is 21.7 Å². The number of aryl methyl sites for hydroxylation is 1. The van der Waals surface area contributed by atoms with Gasteiger partial charge in [-0.15, -0.1) is 0 Å². The molecule has 0 radical (unpaired) electrons. The number of phosphoric ester groups is 2. The Morgan fingerprint density at radius 1 is 1.09 bits per heavy atom. The number of para-hydroxylation sites is 1. The van der Waals surface area contributed by atoms with Gasteiger partial charge in [0.05, 0.1) is 5.25 Å². The second-order valence-electron chi connectivity index (χ2n) is 4.72. The molecule has 6 N–H and O–H groups in total. The zero-order valence-corrected chi connectivity index (χ0v) is 14.6. The second-order valence-corrected chi connectivity index (χ2v) is 7.77. The summed E-state index contributed by atoms with van der Waals surface area (Å²) in [5.74, 6) is 0. The first-order valence-electron chi connectivity index (χ1n) is 6.47. The van der Waals surface area contributed by atoms with Crippen LogP contribution in [0.2, 0.25) is 0 Å². The molecule has 0 heterocycles. The average molecular weight is 387 g/mol. The van der Waals surface area contributed by atoms with Gasteiger partial charge in [0.15, 0.2) is 6.29 Å². The Kier molecular flexibility index (Phi) is 7.73. The first-order chi connectivity index (χ1) is 10.5. The summed E-state index contributed by atoms with van der Waals surface area (Å²) in [5.41, 5.74) is 7.28. The predicted octanol–water partition coefficient (Wildman–Crippen LogP) is 1.43. The van der Waals surface area contributed by atoms with Crippen LogP contribution in [0.25, 0.3) is 0 Å². The second kappa shape index (κ2) is 8.62. The van der Waals surface area contributed by atoms with Crippen molar-refractivity contribution in [2.45, 2.75) is 30.8 Å². The zero-order chi connectivity index (χ0) is 17.7. The van der Waals surface area contributed by atoms with Crippen molar-refractivity contribution < 1.29 is 37.8 Å². The molecule has 0 aliphatic heterocycles. The molecule has 0 bridgehead atoms. The molecule has 0 spiro atoms. The molecule has 1 aromatic rings. The molecule has 1 atom stereocenters. The van der Waals surface area contributed by atoms with E-state index in [1.165, 1.54) is 0 Å². The maximum absolute atomic E-state index is 10.9. The lowest BCUT2D eigenvalue weighted by atomic mass is 10.1. The fourth-order valence-electron chi connectivity index (χ4n) is 1.83. The summed E-state index contributed by atoms with van der Waals surface area (Å²) in [7, 11) is -9.99. The van der Waals surface area contributed by atoms with Gasteiger partial charge in [0, 0.05) is 5.69 Å². The van der Waals surface area contributed by atoms with Crippen LogP contribution < -0.4 is 5.73 Å². The van der Waals surface area contributed by atoms with Crippen molar-refractivity contribution in [3.05, 3.63) is 29.8 Å². The van der Waals surface area contributed by atoms with Crippen LogP contribution in [-0.4, -0.2) is 31.1 Å². The Hall–Kier alpha value is -0.410. The molecule has 0 saturated carbocycles. The van der Waals surface area contributed by atoms with Gasteiger partial charge >= 0.3 is 15.6 Å². The summed E-state index contributed by atoms with van der Waals surface area (Å²) in [6, 6.07) is 7.18. The number of nitrogens with two attached hydrogens (primary N) is 1. The van der Waals surface area contributed by atoms with Crippen LogP contribution in [0.5, 0.6) is 0 Å². The SMILES string of the molecule is Nc1ccccc1CCCC(S)C(OP(=O)(O)O)OP(=O)(O)O. The van der Waals surface area contributed by atoms with Gasteiger partial charge in [-0.1, -0.05) is 18.2 Å². The van der Waals surface area contributed by atoms with Crippen LogP contribution in [0.4, 0.5) is 5.69 Å². The van der Waals surface area contributed by atoms with Gasteiger partial charge in [-0.3, -0.25) is 9.05 Å². The first kappa shape index (κ1) is 20.6. The summed E-state index contributed by atoms with van der Waals surface area (Å²) in [4.78, 5) is 35.1. The van der Waals surface area contributed by atoms with E-state index in [1.54, 1.807) is 12.1 Å². The average Bonchev–Trinajstić information content (AvgIpc) is 2.37. The van der Waals surface area contributed by atoms with E-state index in [1.807, 2.05) is 12.1 Å². The summed E-state index contributed by atoms with van der Waals surface area (Å²) >= 11 is 4.05. The zero-order valence-electron chi connectivity index (χ0n) is 11.9. The van der Waals surface area contributed by atoms with Crippen LogP contribution in [0.15, 0.2) is 24.3 Å². The number of benzene rings is 1. The quantitative estimate of drug-likeness (QED) is 0.159. The molecule has 12 heteroatoms. The van der Waals surface area contributed by atoms with Crippen LogP contribution >= 0.6 is 28.3 Å². The van der Waals surface area contributed by atoms with Crippen LogP contribution in [0.3, 0.4) is 0 Å². The van der Waals surface area contributed by atoms with E-state index in [0.29, 0.717) is 18.5 Å². The molecule has 1 unspecified atom stereocenters. The molecule has 1 aromatic carbocycles. The molecule has 9 nitrogen and oxygen atoms in total. The van der Waals surface area contributed by atoms with Gasteiger partial charge in [-0.05, 0) is 30.9 Å². The van der Waals surface area contributed by atoms with Crippen molar-refractivity contribution in [2.24, 2.45) is 0 Å². The van der Waals surface area contributed by atoms with Crippen molar-refractivity contribution in [1.29, 1.82) is 0 Å². The van der Waals surface area contributed by atoms with E-state index in [9.17, 15) is 9.13 Å². The maximum Gasteiger partial charge on any atom is 0.471 e. The van der Waals surface area contributed by atoms with E-state index >= 15 is 0 Å². The number of thiol groups is 1. The van der Waals surface area contributed by atoms with Gasteiger partial charge < -0.3 is 25.3 Å². The summed E-state index contributed by atoms with van der Waals surface area (Å²) < 4.78 is 30.2. The summed E-state index contributed by atoms with van der Waals surface area (Å²) in [5, 5.41) is -0.958. The molecule has 0 fully saturated rings. The number of hydrogen-bond donors (Lipinski definition) is 6. The van der Waals surface area contributed by atoms with Gasteiger partial charge in [0.1, 0.15) is 0 Å². The largest absolute Gasteiger partial charge is 0.471 e. The Labute approximate surface area is 138 Å². The van der Waals surface area contributed by atoms with Crippen LogP contribution in [0, 0.1) is 0 Å². The Morgan fingerprint density at radius 2 is 1.61 bits per heavy atom. The smallest absolute Gasteiger partial charge is 0.399 e. The minimum atomic E-state index is -5.00. The molecule has 23 heavy (non-hydrogen) atoms. The third-order valence-corrected chi connectivity index (χ3v) is 4.26. The Morgan fingerprint density at radius 3 is 2.09 bits per heavy atom. The molecule has 0 aromatic heterocycles. The number of anilines is 1. The highest BCUT2D eigenvalue weighted by Crippen LogP contribution is 2.46. The third kappa shape index (κ3) is 8.85. The number of hydrogen-bond acceptors (Lipinski definition) is 6. The number of phosphoric acid groups is 2. The van der Waals surface area contributed by atoms with Crippen molar-refractivity contribution >= 4 is 34.0 Å².